The number of methoxy groups -OCH3 is 2. The summed E-state index contributed by atoms with van der Waals surface area (Å²) in [6, 6.07) is 4.07. The molecule has 1 rings (SSSR count). The lowest BCUT2D eigenvalue weighted by molar-refractivity contribution is 0.0692. The van der Waals surface area contributed by atoms with Gasteiger partial charge in [-0.25, -0.2) is 0 Å². The van der Waals surface area contributed by atoms with Crippen molar-refractivity contribution in [1.29, 1.82) is 0 Å². The van der Waals surface area contributed by atoms with E-state index in [1.807, 2.05) is 19.1 Å². The number of ether oxygens (including phenoxy) is 2. The predicted molar refractivity (Wildman–Crippen MR) is 79.8 cm³/mol. The molecule has 116 valence electrons. The molecule has 2 N–H and O–H groups in total. The van der Waals surface area contributed by atoms with Gasteiger partial charge in [0, 0.05) is 33.4 Å². The van der Waals surface area contributed by atoms with E-state index in [4.69, 9.17) is 19.6 Å². The molecule has 0 aliphatic rings. The Morgan fingerprint density at radius 1 is 1.20 bits per heavy atom. The average molecular weight is 284 g/mol. The Bertz CT molecular complexity index is 360. The van der Waals surface area contributed by atoms with Gasteiger partial charge in [0.15, 0.2) is 0 Å². The highest BCUT2D eigenvalue weighted by atomic mass is 16.5. The second kappa shape index (κ2) is 9.13. The van der Waals surface area contributed by atoms with Crippen molar-refractivity contribution >= 4 is 0 Å². The highest BCUT2D eigenvalue weighted by Gasteiger charge is 2.28. The topological polar surface area (TPSA) is 60.9 Å². The standard InChI is InChI=1S/C15H28N2O3/c1-5-13(16)15(14-7-6-12(2)20-14)17(8-10-18-3)9-11-19-4/h6-7,13,15H,5,8-11,16H2,1-4H3. The predicted octanol–water partition coefficient (Wildman–Crippen LogP) is 1.96. The van der Waals surface area contributed by atoms with E-state index in [0.717, 1.165) is 31.0 Å². The van der Waals surface area contributed by atoms with Crippen molar-refractivity contribution < 1.29 is 13.9 Å². The highest BCUT2D eigenvalue weighted by molar-refractivity contribution is 5.12. The first-order valence-electron chi connectivity index (χ1n) is 7.17. The van der Waals surface area contributed by atoms with Crippen LogP contribution in [0.3, 0.4) is 0 Å². The first kappa shape index (κ1) is 17.2. The Morgan fingerprint density at radius 3 is 2.20 bits per heavy atom. The minimum absolute atomic E-state index is 0.0225. The third-order valence-electron chi connectivity index (χ3n) is 3.49. The van der Waals surface area contributed by atoms with E-state index in [-0.39, 0.29) is 12.1 Å². The molecule has 20 heavy (non-hydrogen) atoms. The maximum Gasteiger partial charge on any atom is 0.122 e. The van der Waals surface area contributed by atoms with E-state index < -0.39 is 0 Å². The third kappa shape index (κ3) is 4.90. The summed E-state index contributed by atoms with van der Waals surface area (Å²) in [5, 5.41) is 0. The van der Waals surface area contributed by atoms with Crippen LogP contribution in [0, 0.1) is 6.92 Å². The molecule has 1 aromatic heterocycles. The minimum atomic E-state index is 0.0225. The molecule has 0 bridgehead atoms. The summed E-state index contributed by atoms with van der Waals surface area (Å²) >= 11 is 0. The second-order valence-electron chi connectivity index (χ2n) is 4.99. The molecule has 2 unspecified atom stereocenters. The van der Waals surface area contributed by atoms with Crippen molar-refractivity contribution in [2.75, 3.05) is 40.5 Å². The van der Waals surface area contributed by atoms with Gasteiger partial charge in [0.1, 0.15) is 11.5 Å². The fraction of sp³-hybridized carbons (Fsp3) is 0.733. The Morgan fingerprint density at radius 2 is 1.80 bits per heavy atom. The van der Waals surface area contributed by atoms with Crippen LogP contribution < -0.4 is 5.73 Å². The maximum absolute atomic E-state index is 6.32. The first-order chi connectivity index (χ1) is 9.63. The van der Waals surface area contributed by atoms with Gasteiger partial charge in [-0.3, -0.25) is 4.90 Å². The zero-order chi connectivity index (χ0) is 15.0. The zero-order valence-electron chi connectivity index (χ0n) is 13.1. The van der Waals surface area contributed by atoms with Gasteiger partial charge in [0.2, 0.25) is 0 Å². The lowest BCUT2D eigenvalue weighted by Crippen LogP contribution is -2.43. The second-order valence-corrected chi connectivity index (χ2v) is 4.99. The van der Waals surface area contributed by atoms with Crippen LogP contribution >= 0.6 is 0 Å². The summed E-state index contributed by atoms with van der Waals surface area (Å²) < 4.78 is 16.2. The first-order valence-corrected chi connectivity index (χ1v) is 7.17. The summed E-state index contributed by atoms with van der Waals surface area (Å²) in [7, 11) is 3.42. The van der Waals surface area contributed by atoms with Crippen LogP contribution in [0.4, 0.5) is 0 Å². The number of nitrogens with zero attached hydrogens (tertiary/aromatic N) is 1. The van der Waals surface area contributed by atoms with Gasteiger partial charge in [-0.2, -0.15) is 0 Å². The molecule has 0 spiro atoms. The number of aryl methyl sites for hydroxylation is 1. The number of nitrogens with two attached hydrogens (primary N) is 1. The lowest BCUT2D eigenvalue weighted by Gasteiger charge is -2.33. The fourth-order valence-corrected chi connectivity index (χ4v) is 2.30. The lowest BCUT2D eigenvalue weighted by atomic mass is 10.0. The maximum atomic E-state index is 6.32. The zero-order valence-corrected chi connectivity index (χ0v) is 13.1. The molecule has 0 radical (unpaired) electrons. The van der Waals surface area contributed by atoms with E-state index in [2.05, 4.69) is 11.8 Å². The van der Waals surface area contributed by atoms with Crippen LogP contribution in [0.5, 0.6) is 0 Å². The van der Waals surface area contributed by atoms with Gasteiger partial charge in [0.25, 0.3) is 0 Å². The SMILES string of the molecule is CCC(N)C(c1ccc(C)o1)N(CCOC)CCOC. The van der Waals surface area contributed by atoms with Crippen LogP contribution in [-0.4, -0.2) is 51.5 Å². The Labute approximate surface area is 122 Å². The summed E-state index contributed by atoms with van der Waals surface area (Å²) in [6.45, 7) is 6.98. The van der Waals surface area contributed by atoms with Crippen LogP contribution in [-0.2, 0) is 9.47 Å². The van der Waals surface area contributed by atoms with Crippen LogP contribution in [0.2, 0.25) is 0 Å². The molecule has 0 aliphatic carbocycles. The Hall–Kier alpha value is -0.880. The van der Waals surface area contributed by atoms with Crippen molar-refractivity contribution in [1.82, 2.24) is 4.90 Å². The van der Waals surface area contributed by atoms with Gasteiger partial charge >= 0.3 is 0 Å². The normalized spacial score (nSPS) is 14.7. The molecular weight excluding hydrogens is 256 g/mol. The molecule has 0 aromatic carbocycles. The van der Waals surface area contributed by atoms with Crippen molar-refractivity contribution in [2.45, 2.75) is 32.4 Å². The largest absolute Gasteiger partial charge is 0.465 e. The van der Waals surface area contributed by atoms with Crippen LogP contribution in [0.25, 0.3) is 0 Å². The number of furan rings is 1. The highest BCUT2D eigenvalue weighted by Crippen LogP contribution is 2.26. The summed E-state index contributed by atoms with van der Waals surface area (Å²) in [5.41, 5.74) is 6.32. The fourth-order valence-electron chi connectivity index (χ4n) is 2.30. The molecule has 0 fully saturated rings. The molecule has 5 heteroatoms. The molecule has 2 atom stereocenters. The van der Waals surface area contributed by atoms with Crippen molar-refractivity contribution in [2.24, 2.45) is 5.73 Å². The average Bonchev–Trinajstić information content (AvgIpc) is 2.87. The van der Waals surface area contributed by atoms with E-state index in [9.17, 15) is 0 Å². The van der Waals surface area contributed by atoms with E-state index in [1.54, 1.807) is 14.2 Å². The Kier molecular flexibility index (Phi) is 7.84. The number of hydrogen-bond acceptors (Lipinski definition) is 5. The van der Waals surface area contributed by atoms with Crippen molar-refractivity contribution in [3.05, 3.63) is 23.7 Å². The van der Waals surface area contributed by atoms with Gasteiger partial charge in [-0.05, 0) is 25.5 Å². The number of hydrogen-bond donors (Lipinski definition) is 1. The van der Waals surface area contributed by atoms with Gasteiger partial charge < -0.3 is 19.6 Å². The third-order valence-corrected chi connectivity index (χ3v) is 3.49. The molecule has 0 amide bonds. The summed E-state index contributed by atoms with van der Waals surface area (Å²) in [6.07, 6.45) is 0.890. The van der Waals surface area contributed by atoms with E-state index >= 15 is 0 Å². The quantitative estimate of drug-likeness (QED) is 0.711. The van der Waals surface area contributed by atoms with Crippen LogP contribution in [0.1, 0.15) is 30.9 Å². The van der Waals surface area contributed by atoms with Crippen molar-refractivity contribution in [3.63, 3.8) is 0 Å². The van der Waals surface area contributed by atoms with Gasteiger partial charge in [-0.15, -0.1) is 0 Å². The molecule has 5 nitrogen and oxygen atoms in total. The van der Waals surface area contributed by atoms with Gasteiger partial charge in [-0.1, -0.05) is 6.92 Å². The molecule has 0 saturated heterocycles. The Balaban J connectivity index is 2.90. The molecular formula is C15H28N2O3. The molecule has 0 saturated carbocycles. The van der Waals surface area contributed by atoms with Gasteiger partial charge in [0.05, 0.1) is 19.3 Å². The summed E-state index contributed by atoms with van der Waals surface area (Å²) in [5.74, 6) is 1.83. The van der Waals surface area contributed by atoms with Crippen LogP contribution in [0.15, 0.2) is 16.5 Å². The number of rotatable bonds is 10. The van der Waals surface area contributed by atoms with E-state index in [1.165, 1.54) is 0 Å². The van der Waals surface area contributed by atoms with E-state index in [0.29, 0.717) is 13.2 Å². The summed E-state index contributed by atoms with van der Waals surface area (Å²) in [4.78, 5) is 2.28. The molecule has 1 heterocycles. The monoisotopic (exact) mass is 284 g/mol. The smallest absolute Gasteiger partial charge is 0.122 e. The molecule has 0 aliphatic heterocycles. The minimum Gasteiger partial charge on any atom is -0.465 e. The molecule has 1 aromatic rings. The van der Waals surface area contributed by atoms with Crippen molar-refractivity contribution in [3.8, 4) is 0 Å².